The van der Waals surface area contributed by atoms with E-state index in [1.54, 1.807) is 0 Å². The highest BCUT2D eigenvalue weighted by molar-refractivity contribution is 6.90. The van der Waals surface area contributed by atoms with Crippen molar-refractivity contribution in [3.63, 3.8) is 0 Å². The summed E-state index contributed by atoms with van der Waals surface area (Å²) in [5, 5.41) is 1.49. The van der Waals surface area contributed by atoms with Crippen molar-refractivity contribution < 1.29 is 0 Å². The zero-order valence-corrected chi connectivity index (χ0v) is 14.7. The largest absolute Gasteiger partial charge is 0.127 e. The fraction of sp³-hybridized carbons (Fsp3) is 0.263. The van der Waals surface area contributed by atoms with E-state index in [0.717, 1.165) is 17.9 Å². The molecule has 0 spiro atoms. The second-order valence-corrected chi connectivity index (χ2v) is 11.3. The summed E-state index contributed by atoms with van der Waals surface area (Å²) in [6, 6.07) is 20.4. The van der Waals surface area contributed by atoms with Crippen LogP contribution in [0.5, 0.6) is 0 Å². The Morgan fingerprint density at radius 3 is 2.29 bits per heavy atom. The average Bonchev–Trinajstić information content (AvgIpc) is 2.53. The first-order chi connectivity index (χ1) is 10.1. The maximum absolute atomic E-state index is 5.90. The van der Waals surface area contributed by atoms with Crippen LogP contribution < -0.4 is 5.19 Å². The van der Waals surface area contributed by atoms with Crippen molar-refractivity contribution >= 4 is 30.4 Å². The summed E-state index contributed by atoms with van der Waals surface area (Å²) in [7, 11) is -1.49. The molecule has 0 bridgehead atoms. The molecule has 0 unspecified atom stereocenters. The highest BCUT2D eigenvalue weighted by Gasteiger charge is 2.26. The van der Waals surface area contributed by atoms with Gasteiger partial charge in [-0.15, -0.1) is 11.6 Å². The van der Waals surface area contributed by atoms with Gasteiger partial charge in [-0.1, -0.05) is 85.5 Å². The number of alkyl halides is 1. The van der Waals surface area contributed by atoms with Crippen LogP contribution in [0, 0.1) is 0 Å². The van der Waals surface area contributed by atoms with Crippen LogP contribution in [0.2, 0.25) is 19.1 Å². The highest BCUT2D eigenvalue weighted by atomic mass is 35.5. The number of rotatable bonds is 6. The van der Waals surface area contributed by atoms with Crippen molar-refractivity contribution in [2.24, 2.45) is 0 Å². The van der Waals surface area contributed by atoms with Gasteiger partial charge in [-0.2, -0.15) is 0 Å². The maximum atomic E-state index is 5.90. The summed E-state index contributed by atoms with van der Waals surface area (Å²) < 4.78 is 0. The van der Waals surface area contributed by atoms with Crippen LogP contribution in [0.15, 0.2) is 61.2 Å². The monoisotopic (exact) mass is 314 g/mol. The van der Waals surface area contributed by atoms with Gasteiger partial charge in [-0.3, -0.25) is 0 Å². The number of hydrogen-bond donors (Lipinski definition) is 0. The van der Waals surface area contributed by atoms with Gasteiger partial charge in [-0.25, -0.2) is 0 Å². The number of halogens is 1. The second kappa shape index (κ2) is 7.10. The molecule has 0 aliphatic carbocycles. The Morgan fingerprint density at radius 1 is 1.00 bits per heavy atom. The third-order valence-corrected chi connectivity index (χ3v) is 7.80. The molecule has 0 aliphatic rings. The Bertz CT molecular complexity index is 602. The lowest BCUT2D eigenvalue weighted by atomic mass is 10.00. The van der Waals surface area contributed by atoms with E-state index in [4.69, 9.17) is 11.6 Å². The Morgan fingerprint density at radius 2 is 1.62 bits per heavy atom. The van der Waals surface area contributed by atoms with Crippen molar-refractivity contribution in [1.29, 1.82) is 0 Å². The van der Waals surface area contributed by atoms with Crippen LogP contribution in [0.1, 0.15) is 17.5 Å². The van der Waals surface area contributed by atoms with E-state index in [9.17, 15) is 0 Å². The Kier molecular flexibility index (Phi) is 5.43. The molecule has 2 aromatic carbocycles. The Balaban J connectivity index is 2.40. The molecular weight excluding hydrogens is 292 g/mol. The van der Waals surface area contributed by atoms with E-state index in [1.165, 1.54) is 22.4 Å². The second-order valence-electron chi connectivity index (χ2n) is 6.07. The first-order valence-corrected chi connectivity index (χ1v) is 11.2. The number of benzene rings is 2. The summed E-state index contributed by atoms with van der Waals surface area (Å²) >= 11 is 5.90. The van der Waals surface area contributed by atoms with Crippen molar-refractivity contribution in [2.75, 3.05) is 5.88 Å². The molecule has 2 heteroatoms. The molecule has 0 aliphatic heterocycles. The summed E-state index contributed by atoms with van der Waals surface area (Å²) in [5.41, 5.74) is 3.62. The molecule has 0 radical (unpaired) electrons. The molecule has 110 valence electrons. The van der Waals surface area contributed by atoms with Crippen LogP contribution in [0.3, 0.4) is 0 Å². The van der Waals surface area contributed by atoms with Crippen molar-refractivity contribution in [2.45, 2.75) is 25.6 Å². The lowest BCUT2D eigenvalue weighted by Crippen LogP contribution is -2.43. The van der Waals surface area contributed by atoms with Crippen LogP contribution in [0.4, 0.5) is 0 Å². The molecule has 0 nitrogen and oxygen atoms in total. The first kappa shape index (κ1) is 16.1. The van der Waals surface area contributed by atoms with Crippen molar-refractivity contribution in [3.05, 3.63) is 72.3 Å². The SMILES string of the molecule is C=C(c1ccccc1)c1ccccc1[Si](C)(C)CCCCl. The fourth-order valence-corrected chi connectivity index (χ4v) is 5.97. The molecular formula is C19H23ClSi. The van der Waals surface area contributed by atoms with Crippen LogP contribution in [-0.2, 0) is 0 Å². The van der Waals surface area contributed by atoms with Gasteiger partial charge in [0.1, 0.15) is 0 Å². The third kappa shape index (κ3) is 3.87. The minimum Gasteiger partial charge on any atom is -0.127 e. The van der Waals surface area contributed by atoms with Gasteiger partial charge in [-0.05, 0) is 23.1 Å². The molecule has 21 heavy (non-hydrogen) atoms. The maximum Gasteiger partial charge on any atom is 0.0814 e. The van der Waals surface area contributed by atoms with E-state index >= 15 is 0 Å². The zero-order valence-electron chi connectivity index (χ0n) is 12.9. The van der Waals surface area contributed by atoms with Crippen LogP contribution in [0.25, 0.3) is 5.57 Å². The predicted octanol–water partition coefficient (Wildman–Crippen LogP) is 5.29. The van der Waals surface area contributed by atoms with E-state index in [0.29, 0.717) is 0 Å². The molecule has 0 N–H and O–H groups in total. The first-order valence-electron chi connectivity index (χ1n) is 7.46. The van der Waals surface area contributed by atoms with E-state index in [-0.39, 0.29) is 0 Å². The van der Waals surface area contributed by atoms with E-state index < -0.39 is 8.07 Å². The number of hydrogen-bond acceptors (Lipinski definition) is 0. The van der Waals surface area contributed by atoms with Gasteiger partial charge in [0, 0.05) is 5.88 Å². The van der Waals surface area contributed by atoms with Crippen LogP contribution in [-0.4, -0.2) is 14.0 Å². The minimum atomic E-state index is -1.49. The van der Waals surface area contributed by atoms with Gasteiger partial charge < -0.3 is 0 Å². The normalized spacial score (nSPS) is 11.4. The molecule has 0 heterocycles. The molecule has 2 aromatic rings. The lowest BCUT2D eigenvalue weighted by molar-refractivity contribution is 1.06. The van der Waals surface area contributed by atoms with Gasteiger partial charge in [0.2, 0.25) is 0 Å². The molecule has 0 aromatic heterocycles. The van der Waals surface area contributed by atoms with Crippen LogP contribution >= 0.6 is 11.6 Å². The zero-order chi connectivity index (χ0) is 15.3. The molecule has 0 saturated carbocycles. The standard InChI is InChI=1S/C19H23ClSi/c1-16(17-10-5-4-6-11-17)18-12-7-8-13-19(18)21(2,3)15-9-14-20/h4-8,10-13H,1,9,14-15H2,2-3H3. The molecule has 0 amide bonds. The smallest absolute Gasteiger partial charge is 0.0814 e. The summed E-state index contributed by atoms with van der Waals surface area (Å²) in [6.45, 7) is 9.20. The third-order valence-electron chi connectivity index (χ3n) is 4.04. The predicted molar refractivity (Wildman–Crippen MR) is 98.3 cm³/mol. The lowest BCUT2D eigenvalue weighted by Gasteiger charge is -2.26. The van der Waals surface area contributed by atoms with E-state index in [1.807, 2.05) is 6.07 Å². The fourth-order valence-electron chi connectivity index (χ4n) is 2.77. The van der Waals surface area contributed by atoms with Crippen molar-refractivity contribution in [3.8, 4) is 0 Å². The quantitative estimate of drug-likeness (QED) is 0.502. The van der Waals surface area contributed by atoms with Gasteiger partial charge in [0.05, 0.1) is 8.07 Å². The van der Waals surface area contributed by atoms with Gasteiger partial charge in [0.15, 0.2) is 0 Å². The summed E-state index contributed by atoms with van der Waals surface area (Å²) in [4.78, 5) is 0. The minimum absolute atomic E-state index is 0.748. The highest BCUT2D eigenvalue weighted by Crippen LogP contribution is 2.24. The van der Waals surface area contributed by atoms with Gasteiger partial charge >= 0.3 is 0 Å². The summed E-state index contributed by atoms with van der Waals surface area (Å²) in [5.74, 6) is 0.748. The Labute approximate surface area is 134 Å². The average molecular weight is 315 g/mol. The Hall–Kier alpha value is -1.31. The van der Waals surface area contributed by atoms with E-state index in [2.05, 4.69) is 68.2 Å². The van der Waals surface area contributed by atoms with Gasteiger partial charge in [0.25, 0.3) is 0 Å². The molecule has 0 fully saturated rings. The molecule has 2 rings (SSSR count). The van der Waals surface area contributed by atoms with Crippen molar-refractivity contribution in [1.82, 2.24) is 0 Å². The molecule has 0 saturated heterocycles. The molecule has 0 atom stereocenters. The summed E-state index contributed by atoms with van der Waals surface area (Å²) in [6.07, 6.45) is 1.09. The topological polar surface area (TPSA) is 0 Å².